The summed E-state index contributed by atoms with van der Waals surface area (Å²) in [6.07, 6.45) is 2.27. The predicted molar refractivity (Wildman–Crippen MR) is 48.0 cm³/mol. The van der Waals surface area contributed by atoms with Gasteiger partial charge in [-0.2, -0.15) is 0 Å². The van der Waals surface area contributed by atoms with Gasteiger partial charge in [-0.3, -0.25) is 0 Å². The Hall–Kier alpha value is -1.44. The van der Waals surface area contributed by atoms with Crippen molar-refractivity contribution in [2.75, 3.05) is 6.61 Å². The van der Waals surface area contributed by atoms with Gasteiger partial charge in [0.1, 0.15) is 5.75 Å². The van der Waals surface area contributed by atoms with Crippen LogP contribution in [0.2, 0.25) is 0 Å². The zero-order valence-corrected chi connectivity index (χ0v) is 6.86. The molecule has 2 heteroatoms. The fourth-order valence-corrected chi connectivity index (χ4v) is 0.923. The van der Waals surface area contributed by atoms with Crippen molar-refractivity contribution in [2.24, 2.45) is 0 Å². The molecule has 0 aliphatic heterocycles. The van der Waals surface area contributed by atoms with Crippen LogP contribution in [0.15, 0.2) is 37.1 Å². The first-order valence-electron chi connectivity index (χ1n) is 3.83. The van der Waals surface area contributed by atoms with Crippen molar-refractivity contribution in [3.63, 3.8) is 0 Å². The van der Waals surface area contributed by atoms with Crippen molar-refractivity contribution in [2.45, 2.75) is 6.42 Å². The van der Waals surface area contributed by atoms with E-state index in [-0.39, 0.29) is 0 Å². The van der Waals surface area contributed by atoms with E-state index in [0.717, 1.165) is 12.0 Å². The lowest BCUT2D eigenvalue weighted by Crippen LogP contribution is -1.92. The number of hydrogen-bond acceptors (Lipinski definition) is 2. The molecule has 1 rings (SSSR count). The van der Waals surface area contributed by atoms with Gasteiger partial charge in [-0.25, -0.2) is 0 Å². The average molecular weight is 164 g/mol. The van der Waals surface area contributed by atoms with Crippen LogP contribution in [0.1, 0.15) is 5.56 Å². The normalized spacial score (nSPS) is 9.33. The van der Waals surface area contributed by atoms with Crippen molar-refractivity contribution < 1.29 is 9.84 Å². The zero-order valence-electron chi connectivity index (χ0n) is 6.86. The molecule has 0 heterocycles. The predicted octanol–water partition coefficient (Wildman–Crippen LogP) is 2.09. The van der Waals surface area contributed by atoms with Crippen molar-refractivity contribution in [3.8, 4) is 5.75 Å². The first kappa shape index (κ1) is 8.65. The third-order valence-electron chi connectivity index (χ3n) is 1.56. The van der Waals surface area contributed by atoms with E-state index in [4.69, 9.17) is 9.84 Å². The molecule has 64 valence electrons. The van der Waals surface area contributed by atoms with E-state index >= 15 is 0 Å². The largest absolute Gasteiger partial charge is 0.508 e. The fourth-order valence-electron chi connectivity index (χ4n) is 0.923. The van der Waals surface area contributed by atoms with Crippen molar-refractivity contribution >= 4 is 0 Å². The molecule has 2 nitrogen and oxygen atoms in total. The maximum atomic E-state index is 8.98. The molecule has 0 spiro atoms. The van der Waals surface area contributed by atoms with E-state index in [2.05, 4.69) is 6.58 Å². The van der Waals surface area contributed by atoms with Gasteiger partial charge >= 0.3 is 0 Å². The Morgan fingerprint density at radius 1 is 1.33 bits per heavy atom. The van der Waals surface area contributed by atoms with Crippen molar-refractivity contribution in [1.82, 2.24) is 0 Å². The van der Waals surface area contributed by atoms with E-state index in [9.17, 15) is 0 Å². The summed E-state index contributed by atoms with van der Waals surface area (Å²) in [6.45, 7) is 4.08. The Morgan fingerprint density at radius 3 is 2.58 bits per heavy atom. The van der Waals surface area contributed by atoms with Crippen LogP contribution in [0.5, 0.6) is 5.75 Å². The maximum Gasteiger partial charge on any atom is 0.115 e. The van der Waals surface area contributed by atoms with Crippen molar-refractivity contribution in [3.05, 3.63) is 42.7 Å². The van der Waals surface area contributed by atoms with Gasteiger partial charge < -0.3 is 9.84 Å². The van der Waals surface area contributed by atoms with Crippen LogP contribution < -0.4 is 0 Å². The molecule has 0 unspecified atom stereocenters. The van der Waals surface area contributed by atoms with Gasteiger partial charge in [0.15, 0.2) is 0 Å². The van der Waals surface area contributed by atoms with Crippen LogP contribution in [0, 0.1) is 0 Å². The smallest absolute Gasteiger partial charge is 0.115 e. The van der Waals surface area contributed by atoms with E-state index in [1.165, 1.54) is 6.26 Å². The van der Waals surface area contributed by atoms with Crippen LogP contribution in [-0.4, -0.2) is 11.7 Å². The molecule has 0 amide bonds. The number of aromatic hydroxyl groups is 1. The van der Waals surface area contributed by atoms with Gasteiger partial charge in [0.25, 0.3) is 0 Å². The van der Waals surface area contributed by atoms with Crippen LogP contribution in [0.25, 0.3) is 0 Å². The first-order chi connectivity index (χ1) is 5.83. The third-order valence-corrected chi connectivity index (χ3v) is 1.56. The molecular weight excluding hydrogens is 152 g/mol. The molecular formula is C10H12O2. The average Bonchev–Trinajstić information content (AvgIpc) is 2.09. The summed E-state index contributed by atoms with van der Waals surface area (Å²) in [6, 6.07) is 7.09. The number of phenolic OH excluding ortho intramolecular Hbond substituents is 1. The maximum absolute atomic E-state index is 8.98. The fraction of sp³-hybridized carbons (Fsp3) is 0.200. The molecule has 1 aromatic carbocycles. The molecule has 0 fully saturated rings. The first-order valence-corrected chi connectivity index (χ1v) is 3.83. The zero-order chi connectivity index (χ0) is 8.81. The highest BCUT2D eigenvalue weighted by Crippen LogP contribution is 2.09. The van der Waals surface area contributed by atoms with E-state index in [1.54, 1.807) is 12.1 Å². The van der Waals surface area contributed by atoms with Gasteiger partial charge in [0, 0.05) is 6.42 Å². The minimum absolute atomic E-state index is 0.295. The number of ether oxygens (including phenoxy) is 1. The highest BCUT2D eigenvalue weighted by Gasteiger charge is 1.92. The van der Waals surface area contributed by atoms with Gasteiger partial charge in [-0.05, 0) is 17.7 Å². The molecule has 1 N–H and O–H groups in total. The lowest BCUT2D eigenvalue weighted by atomic mass is 10.1. The summed E-state index contributed by atoms with van der Waals surface area (Å²) >= 11 is 0. The van der Waals surface area contributed by atoms with Crippen molar-refractivity contribution in [1.29, 1.82) is 0 Å². The molecule has 0 atom stereocenters. The van der Waals surface area contributed by atoms with Crippen LogP contribution in [0.4, 0.5) is 0 Å². The lowest BCUT2D eigenvalue weighted by Gasteiger charge is -2.00. The van der Waals surface area contributed by atoms with Gasteiger partial charge in [0.2, 0.25) is 0 Å². The highest BCUT2D eigenvalue weighted by atomic mass is 16.5. The summed E-state index contributed by atoms with van der Waals surface area (Å²) in [5, 5.41) is 8.98. The molecule has 0 aliphatic rings. The topological polar surface area (TPSA) is 29.5 Å². The van der Waals surface area contributed by atoms with Gasteiger partial charge in [0.05, 0.1) is 12.9 Å². The second-order valence-corrected chi connectivity index (χ2v) is 2.45. The summed E-state index contributed by atoms with van der Waals surface area (Å²) in [5.41, 5.74) is 1.15. The Balaban J connectivity index is 2.42. The minimum atomic E-state index is 0.295. The lowest BCUT2D eigenvalue weighted by molar-refractivity contribution is 0.255. The number of benzene rings is 1. The number of phenols is 1. The minimum Gasteiger partial charge on any atom is -0.508 e. The second kappa shape index (κ2) is 4.44. The molecule has 12 heavy (non-hydrogen) atoms. The molecule has 1 aromatic rings. The Labute approximate surface area is 72.1 Å². The second-order valence-electron chi connectivity index (χ2n) is 2.45. The summed E-state index contributed by atoms with van der Waals surface area (Å²) in [5.74, 6) is 0.295. The Bertz CT molecular complexity index is 239. The molecule has 0 aliphatic carbocycles. The number of hydrogen-bond donors (Lipinski definition) is 1. The number of rotatable bonds is 4. The molecule has 0 aromatic heterocycles. The van der Waals surface area contributed by atoms with Crippen LogP contribution in [-0.2, 0) is 11.2 Å². The Kier molecular flexibility index (Phi) is 3.20. The van der Waals surface area contributed by atoms with Crippen LogP contribution in [0.3, 0.4) is 0 Å². The van der Waals surface area contributed by atoms with E-state index < -0.39 is 0 Å². The quantitative estimate of drug-likeness (QED) is 0.545. The highest BCUT2D eigenvalue weighted by molar-refractivity contribution is 5.25. The SMILES string of the molecule is C=COCCc1ccc(O)cc1. The molecule has 0 saturated carbocycles. The van der Waals surface area contributed by atoms with Gasteiger partial charge in [-0.1, -0.05) is 18.7 Å². The van der Waals surface area contributed by atoms with E-state index in [1.807, 2.05) is 12.1 Å². The van der Waals surface area contributed by atoms with Crippen LogP contribution >= 0.6 is 0 Å². The third kappa shape index (κ3) is 2.66. The summed E-state index contributed by atoms with van der Waals surface area (Å²) in [7, 11) is 0. The summed E-state index contributed by atoms with van der Waals surface area (Å²) in [4.78, 5) is 0. The van der Waals surface area contributed by atoms with E-state index in [0.29, 0.717) is 12.4 Å². The molecule has 0 bridgehead atoms. The summed E-state index contributed by atoms with van der Waals surface area (Å²) < 4.78 is 4.97. The monoisotopic (exact) mass is 164 g/mol. The van der Waals surface area contributed by atoms with Gasteiger partial charge in [-0.15, -0.1) is 0 Å². The Morgan fingerprint density at radius 2 is 2.00 bits per heavy atom. The standard InChI is InChI=1S/C10H12O2/c1-2-12-8-7-9-3-5-10(11)6-4-9/h2-6,11H,1,7-8H2. The molecule has 0 radical (unpaired) electrons. The molecule has 0 saturated heterocycles.